The minimum Gasteiger partial charge on any atom is -0.355 e. The predicted octanol–water partition coefficient (Wildman–Crippen LogP) is 2.92. The zero-order chi connectivity index (χ0) is 17.7. The molecule has 2 aromatic rings. The molecule has 1 N–H and O–H groups in total. The Hall–Kier alpha value is -1.89. The summed E-state index contributed by atoms with van der Waals surface area (Å²) < 4.78 is 1.67. The van der Waals surface area contributed by atoms with E-state index in [2.05, 4.69) is 55.5 Å². The van der Waals surface area contributed by atoms with Gasteiger partial charge in [0.15, 0.2) is 0 Å². The molecule has 1 heterocycles. The van der Waals surface area contributed by atoms with Gasteiger partial charge in [0.1, 0.15) is 0 Å². The van der Waals surface area contributed by atoms with Gasteiger partial charge in [-0.15, -0.1) is 5.10 Å². The first-order valence-corrected chi connectivity index (χ1v) is 9.00. The molecule has 0 fully saturated rings. The fourth-order valence-electron chi connectivity index (χ4n) is 2.05. The van der Waals surface area contributed by atoms with Crippen LogP contribution in [-0.4, -0.2) is 38.4 Å². The second-order valence-electron chi connectivity index (χ2n) is 7.09. The van der Waals surface area contributed by atoms with Gasteiger partial charge in [0.2, 0.25) is 11.1 Å². The molecule has 2 rings (SSSR count). The van der Waals surface area contributed by atoms with Gasteiger partial charge >= 0.3 is 0 Å². The summed E-state index contributed by atoms with van der Waals surface area (Å²) in [6.07, 6.45) is 0.948. The first-order chi connectivity index (χ1) is 11.3. The Balaban J connectivity index is 1.93. The van der Waals surface area contributed by atoms with Crippen LogP contribution in [0.25, 0.3) is 5.69 Å². The molecule has 1 aromatic carbocycles. The summed E-state index contributed by atoms with van der Waals surface area (Å²) in [5.74, 6) is 0.300. The van der Waals surface area contributed by atoms with Gasteiger partial charge < -0.3 is 5.32 Å². The number of carbonyl (C=O) groups excluding carboxylic acids is 1. The van der Waals surface area contributed by atoms with Crippen molar-refractivity contribution in [2.45, 2.75) is 46.2 Å². The highest BCUT2D eigenvalue weighted by molar-refractivity contribution is 7.99. The van der Waals surface area contributed by atoms with Crippen molar-refractivity contribution in [3.63, 3.8) is 0 Å². The van der Waals surface area contributed by atoms with E-state index >= 15 is 0 Å². The average Bonchev–Trinajstić information content (AvgIpc) is 2.95. The van der Waals surface area contributed by atoms with Crippen LogP contribution in [0.1, 0.15) is 38.3 Å². The van der Waals surface area contributed by atoms with Crippen molar-refractivity contribution in [1.29, 1.82) is 0 Å². The molecule has 24 heavy (non-hydrogen) atoms. The van der Waals surface area contributed by atoms with Gasteiger partial charge in [-0.05, 0) is 59.4 Å². The maximum Gasteiger partial charge on any atom is 0.230 e. The lowest BCUT2D eigenvalue weighted by Gasteiger charge is -2.17. The number of rotatable bonds is 6. The molecule has 0 saturated carbocycles. The smallest absolute Gasteiger partial charge is 0.230 e. The average molecular weight is 347 g/mol. The van der Waals surface area contributed by atoms with E-state index in [1.807, 2.05) is 18.2 Å². The molecule has 0 atom stereocenters. The van der Waals surface area contributed by atoms with E-state index in [1.165, 1.54) is 22.9 Å². The maximum absolute atomic E-state index is 12.0. The fraction of sp³-hybridized carbons (Fsp3) is 0.529. The molecular weight excluding hydrogens is 322 g/mol. The Kier molecular flexibility index (Phi) is 5.99. The van der Waals surface area contributed by atoms with E-state index in [0.29, 0.717) is 17.5 Å². The Bertz CT molecular complexity index is 705. The molecule has 0 aliphatic carbocycles. The van der Waals surface area contributed by atoms with E-state index in [1.54, 1.807) is 4.68 Å². The van der Waals surface area contributed by atoms with E-state index < -0.39 is 0 Å². The van der Waals surface area contributed by atoms with Crippen LogP contribution in [0.4, 0.5) is 0 Å². The highest BCUT2D eigenvalue weighted by Gasteiger charge is 2.13. The third-order valence-electron chi connectivity index (χ3n) is 3.71. The predicted molar refractivity (Wildman–Crippen MR) is 96.4 cm³/mol. The van der Waals surface area contributed by atoms with Crippen molar-refractivity contribution in [3.05, 3.63) is 29.3 Å². The topological polar surface area (TPSA) is 72.7 Å². The van der Waals surface area contributed by atoms with Gasteiger partial charge in [0.25, 0.3) is 0 Å². The highest BCUT2D eigenvalue weighted by atomic mass is 32.2. The van der Waals surface area contributed by atoms with Crippen molar-refractivity contribution in [1.82, 2.24) is 25.5 Å². The normalized spacial score (nSPS) is 11.5. The van der Waals surface area contributed by atoms with E-state index in [0.717, 1.165) is 12.1 Å². The molecule has 0 radical (unpaired) electrons. The Morgan fingerprint density at radius 2 is 2.00 bits per heavy atom. The number of tetrazole rings is 1. The van der Waals surface area contributed by atoms with Crippen LogP contribution in [-0.2, 0) is 4.79 Å². The summed E-state index contributed by atoms with van der Waals surface area (Å²) in [4.78, 5) is 12.0. The number of thioether (sulfide) groups is 1. The van der Waals surface area contributed by atoms with E-state index in [4.69, 9.17) is 0 Å². The van der Waals surface area contributed by atoms with Crippen LogP contribution in [0.2, 0.25) is 0 Å². The van der Waals surface area contributed by atoms with Crippen LogP contribution in [0.15, 0.2) is 23.4 Å². The lowest BCUT2D eigenvalue weighted by Crippen LogP contribution is -2.28. The van der Waals surface area contributed by atoms with Gasteiger partial charge in [0.05, 0.1) is 11.4 Å². The maximum atomic E-state index is 12.0. The zero-order valence-corrected chi connectivity index (χ0v) is 15.8. The molecule has 0 spiro atoms. The van der Waals surface area contributed by atoms with E-state index in [-0.39, 0.29) is 11.3 Å². The highest BCUT2D eigenvalue weighted by Crippen LogP contribution is 2.20. The first kappa shape index (κ1) is 18.4. The number of nitrogens with one attached hydrogen (secondary N) is 1. The van der Waals surface area contributed by atoms with E-state index in [9.17, 15) is 4.79 Å². The molecule has 0 aliphatic rings. The molecule has 130 valence electrons. The third kappa shape index (κ3) is 5.33. The Morgan fingerprint density at radius 1 is 1.25 bits per heavy atom. The molecule has 0 aliphatic heterocycles. The lowest BCUT2D eigenvalue weighted by atomic mass is 9.92. The summed E-state index contributed by atoms with van der Waals surface area (Å²) >= 11 is 1.34. The lowest BCUT2D eigenvalue weighted by molar-refractivity contribution is -0.118. The first-order valence-electron chi connectivity index (χ1n) is 8.02. The number of aryl methyl sites for hydroxylation is 2. The Morgan fingerprint density at radius 3 is 2.67 bits per heavy atom. The summed E-state index contributed by atoms with van der Waals surface area (Å²) in [6, 6.07) is 6.06. The number of hydrogen-bond acceptors (Lipinski definition) is 5. The second-order valence-corrected chi connectivity index (χ2v) is 8.03. The van der Waals surface area contributed by atoms with Crippen LogP contribution in [0.5, 0.6) is 0 Å². The largest absolute Gasteiger partial charge is 0.355 e. The minimum absolute atomic E-state index is 0.00103. The number of nitrogens with zero attached hydrogens (tertiary/aromatic N) is 4. The van der Waals surface area contributed by atoms with Crippen LogP contribution in [0.3, 0.4) is 0 Å². The van der Waals surface area contributed by atoms with Gasteiger partial charge in [-0.25, -0.2) is 0 Å². The molecule has 6 nitrogen and oxygen atoms in total. The number of amides is 1. The number of hydrogen-bond donors (Lipinski definition) is 1. The van der Waals surface area contributed by atoms with Crippen molar-refractivity contribution in [2.75, 3.05) is 12.3 Å². The zero-order valence-electron chi connectivity index (χ0n) is 15.0. The van der Waals surface area contributed by atoms with Gasteiger partial charge in [0, 0.05) is 6.54 Å². The van der Waals surface area contributed by atoms with Crippen LogP contribution < -0.4 is 5.32 Å². The monoisotopic (exact) mass is 347 g/mol. The summed E-state index contributed by atoms with van der Waals surface area (Å²) in [6.45, 7) is 11.3. The van der Waals surface area contributed by atoms with Gasteiger partial charge in [-0.2, -0.15) is 4.68 Å². The minimum atomic E-state index is -0.00103. The summed E-state index contributed by atoms with van der Waals surface area (Å²) in [5.41, 5.74) is 3.52. The van der Waals surface area contributed by atoms with Gasteiger partial charge in [-0.1, -0.05) is 38.6 Å². The van der Waals surface area contributed by atoms with Gasteiger partial charge in [-0.3, -0.25) is 4.79 Å². The fourth-order valence-corrected chi connectivity index (χ4v) is 2.77. The number of benzene rings is 1. The summed E-state index contributed by atoms with van der Waals surface area (Å²) in [5, 5.41) is 15.3. The Labute approximate surface area is 147 Å². The number of carbonyl (C=O) groups is 1. The van der Waals surface area contributed by atoms with Crippen molar-refractivity contribution >= 4 is 17.7 Å². The molecular formula is C17H25N5OS. The van der Waals surface area contributed by atoms with Crippen LogP contribution >= 0.6 is 11.8 Å². The quantitative estimate of drug-likeness (QED) is 0.814. The standard InChI is InChI=1S/C17H25N5OS/c1-12-6-7-14(10-13(12)2)22-16(19-20-21-22)24-11-15(23)18-9-8-17(3,4)5/h6-7,10H,8-9,11H2,1-5H3,(H,18,23). The molecule has 7 heteroatoms. The molecule has 0 bridgehead atoms. The molecule has 1 aromatic heterocycles. The van der Waals surface area contributed by atoms with Crippen LogP contribution in [0, 0.1) is 19.3 Å². The molecule has 1 amide bonds. The van der Waals surface area contributed by atoms with Crippen molar-refractivity contribution in [3.8, 4) is 5.69 Å². The molecule has 0 unspecified atom stereocenters. The molecule has 0 saturated heterocycles. The second kappa shape index (κ2) is 7.79. The number of aromatic nitrogens is 4. The van der Waals surface area contributed by atoms with Crippen molar-refractivity contribution in [2.24, 2.45) is 5.41 Å². The SMILES string of the molecule is Cc1ccc(-n2nnnc2SCC(=O)NCCC(C)(C)C)cc1C. The third-order valence-corrected chi connectivity index (χ3v) is 4.62. The summed E-state index contributed by atoms with van der Waals surface area (Å²) in [7, 11) is 0. The van der Waals surface area contributed by atoms with Crippen molar-refractivity contribution < 1.29 is 4.79 Å².